The van der Waals surface area contributed by atoms with Crippen LogP contribution in [0.2, 0.25) is 0 Å². The third-order valence-corrected chi connectivity index (χ3v) is 2.69. The summed E-state index contributed by atoms with van der Waals surface area (Å²) in [5.41, 5.74) is 4.07. The maximum atomic E-state index is 9.25. The van der Waals surface area contributed by atoms with Gasteiger partial charge in [-0.25, -0.2) is 0 Å². The van der Waals surface area contributed by atoms with E-state index >= 15 is 0 Å². The summed E-state index contributed by atoms with van der Waals surface area (Å²) < 4.78 is 0. The third-order valence-electron chi connectivity index (χ3n) is 2.69. The molecular formula is C11H17NO. The van der Waals surface area contributed by atoms with Crippen LogP contribution in [0.3, 0.4) is 0 Å². The molecule has 1 unspecified atom stereocenters. The molecule has 0 bridgehead atoms. The van der Waals surface area contributed by atoms with Crippen molar-refractivity contribution in [1.82, 2.24) is 4.98 Å². The summed E-state index contributed by atoms with van der Waals surface area (Å²) in [6.07, 6.45) is 5.55. The SMILES string of the molecule is CC(O)Cc1cc2c([nH]1)CCCC2. The zero-order valence-electron chi connectivity index (χ0n) is 8.14. The zero-order valence-corrected chi connectivity index (χ0v) is 8.14. The van der Waals surface area contributed by atoms with E-state index in [2.05, 4.69) is 11.1 Å². The van der Waals surface area contributed by atoms with E-state index in [1.165, 1.54) is 42.6 Å². The van der Waals surface area contributed by atoms with Crippen LogP contribution in [0.15, 0.2) is 6.07 Å². The number of aromatic nitrogens is 1. The Bertz CT molecular complexity index is 265. The zero-order chi connectivity index (χ0) is 9.26. The van der Waals surface area contributed by atoms with Gasteiger partial charge in [-0.3, -0.25) is 0 Å². The Morgan fingerprint density at radius 3 is 2.92 bits per heavy atom. The van der Waals surface area contributed by atoms with Gasteiger partial charge in [-0.05, 0) is 44.2 Å². The molecule has 1 aliphatic rings. The quantitative estimate of drug-likeness (QED) is 0.713. The number of aliphatic hydroxyl groups excluding tert-OH is 1. The summed E-state index contributed by atoms with van der Waals surface area (Å²) >= 11 is 0. The molecular weight excluding hydrogens is 162 g/mol. The lowest BCUT2D eigenvalue weighted by molar-refractivity contribution is 0.194. The minimum absolute atomic E-state index is 0.236. The molecule has 1 aromatic rings. The molecule has 0 amide bonds. The van der Waals surface area contributed by atoms with Crippen molar-refractivity contribution in [3.8, 4) is 0 Å². The van der Waals surface area contributed by atoms with Gasteiger partial charge in [-0.2, -0.15) is 0 Å². The summed E-state index contributed by atoms with van der Waals surface area (Å²) in [4.78, 5) is 3.40. The first-order valence-corrected chi connectivity index (χ1v) is 5.13. The van der Waals surface area contributed by atoms with Crippen LogP contribution in [0.5, 0.6) is 0 Å². The van der Waals surface area contributed by atoms with Crippen LogP contribution in [0.4, 0.5) is 0 Å². The van der Waals surface area contributed by atoms with Gasteiger partial charge in [0, 0.05) is 17.8 Å². The van der Waals surface area contributed by atoms with E-state index < -0.39 is 0 Å². The highest BCUT2D eigenvalue weighted by Crippen LogP contribution is 2.22. The predicted molar refractivity (Wildman–Crippen MR) is 52.8 cm³/mol. The van der Waals surface area contributed by atoms with Gasteiger partial charge < -0.3 is 10.1 Å². The van der Waals surface area contributed by atoms with E-state index in [0.717, 1.165) is 6.42 Å². The molecule has 2 nitrogen and oxygen atoms in total. The fourth-order valence-corrected chi connectivity index (χ4v) is 2.10. The minimum Gasteiger partial charge on any atom is -0.393 e. The Hall–Kier alpha value is -0.760. The summed E-state index contributed by atoms with van der Waals surface area (Å²) in [5.74, 6) is 0. The van der Waals surface area contributed by atoms with Crippen molar-refractivity contribution in [3.63, 3.8) is 0 Å². The second kappa shape index (κ2) is 3.54. The summed E-state index contributed by atoms with van der Waals surface area (Å²) in [6, 6.07) is 2.22. The normalized spacial score (nSPS) is 18.3. The molecule has 1 aliphatic carbocycles. The van der Waals surface area contributed by atoms with Crippen molar-refractivity contribution in [1.29, 1.82) is 0 Å². The molecule has 0 aromatic carbocycles. The van der Waals surface area contributed by atoms with Crippen molar-refractivity contribution >= 4 is 0 Å². The Balaban J connectivity index is 2.15. The Labute approximate surface area is 79.0 Å². The van der Waals surface area contributed by atoms with Crippen molar-refractivity contribution < 1.29 is 5.11 Å². The van der Waals surface area contributed by atoms with Gasteiger partial charge in [0.05, 0.1) is 6.10 Å². The first-order chi connectivity index (χ1) is 6.25. The molecule has 0 radical (unpaired) electrons. The maximum absolute atomic E-state index is 9.25. The Kier molecular flexibility index (Phi) is 2.40. The number of rotatable bonds is 2. The highest BCUT2D eigenvalue weighted by molar-refractivity contribution is 5.28. The van der Waals surface area contributed by atoms with Crippen LogP contribution in [0.1, 0.15) is 36.7 Å². The molecule has 1 aromatic heterocycles. The smallest absolute Gasteiger partial charge is 0.0566 e. The van der Waals surface area contributed by atoms with Gasteiger partial charge in [0.15, 0.2) is 0 Å². The molecule has 2 rings (SSSR count). The summed E-state index contributed by atoms with van der Waals surface area (Å²) in [5, 5.41) is 9.25. The number of aryl methyl sites for hydroxylation is 2. The fraction of sp³-hybridized carbons (Fsp3) is 0.636. The minimum atomic E-state index is -0.236. The largest absolute Gasteiger partial charge is 0.393 e. The van der Waals surface area contributed by atoms with Crippen LogP contribution in [-0.4, -0.2) is 16.2 Å². The van der Waals surface area contributed by atoms with E-state index in [1.807, 2.05) is 6.92 Å². The summed E-state index contributed by atoms with van der Waals surface area (Å²) in [6.45, 7) is 1.83. The average Bonchev–Trinajstić information content (AvgIpc) is 2.44. The molecule has 13 heavy (non-hydrogen) atoms. The van der Waals surface area contributed by atoms with Gasteiger partial charge >= 0.3 is 0 Å². The molecule has 1 atom stereocenters. The molecule has 1 heterocycles. The van der Waals surface area contributed by atoms with E-state index in [0.29, 0.717) is 0 Å². The first kappa shape index (κ1) is 8.82. The van der Waals surface area contributed by atoms with Crippen LogP contribution in [0.25, 0.3) is 0 Å². The van der Waals surface area contributed by atoms with Gasteiger partial charge in [0.2, 0.25) is 0 Å². The van der Waals surface area contributed by atoms with Crippen molar-refractivity contribution in [3.05, 3.63) is 23.0 Å². The second-order valence-corrected chi connectivity index (χ2v) is 4.06. The van der Waals surface area contributed by atoms with E-state index in [1.54, 1.807) is 0 Å². The third kappa shape index (κ3) is 1.94. The fourth-order valence-electron chi connectivity index (χ4n) is 2.10. The van der Waals surface area contributed by atoms with Crippen LogP contribution >= 0.6 is 0 Å². The lowest BCUT2D eigenvalue weighted by Crippen LogP contribution is -2.04. The van der Waals surface area contributed by atoms with E-state index in [9.17, 15) is 5.11 Å². The molecule has 72 valence electrons. The lowest BCUT2D eigenvalue weighted by Gasteiger charge is -2.09. The highest BCUT2D eigenvalue weighted by atomic mass is 16.3. The van der Waals surface area contributed by atoms with Crippen molar-refractivity contribution in [2.24, 2.45) is 0 Å². The number of hydrogen-bond acceptors (Lipinski definition) is 1. The van der Waals surface area contributed by atoms with Crippen LogP contribution < -0.4 is 0 Å². The monoisotopic (exact) mass is 179 g/mol. The lowest BCUT2D eigenvalue weighted by atomic mass is 9.98. The number of nitrogens with one attached hydrogen (secondary N) is 1. The van der Waals surface area contributed by atoms with Gasteiger partial charge in [-0.15, -0.1) is 0 Å². The molecule has 0 saturated heterocycles. The van der Waals surface area contributed by atoms with Crippen molar-refractivity contribution in [2.45, 2.75) is 45.1 Å². The summed E-state index contributed by atoms with van der Waals surface area (Å²) in [7, 11) is 0. The van der Waals surface area contributed by atoms with Gasteiger partial charge in [0.1, 0.15) is 0 Å². The van der Waals surface area contributed by atoms with Crippen LogP contribution in [0, 0.1) is 0 Å². The topological polar surface area (TPSA) is 36.0 Å². The van der Waals surface area contributed by atoms with Gasteiger partial charge in [0.25, 0.3) is 0 Å². The number of H-pyrrole nitrogens is 1. The van der Waals surface area contributed by atoms with E-state index in [-0.39, 0.29) is 6.10 Å². The van der Waals surface area contributed by atoms with Gasteiger partial charge in [-0.1, -0.05) is 0 Å². The maximum Gasteiger partial charge on any atom is 0.0566 e. The first-order valence-electron chi connectivity index (χ1n) is 5.13. The molecule has 0 aliphatic heterocycles. The Morgan fingerprint density at radius 2 is 2.23 bits per heavy atom. The number of aliphatic hydroxyl groups is 1. The Morgan fingerprint density at radius 1 is 1.46 bits per heavy atom. The highest BCUT2D eigenvalue weighted by Gasteiger charge is 2.12. The number of hydrogen-bond donors (Lipinski definition) is 2. The average molecular weight is 179 g/mol. The molecule has 2 N–H and O–H groups in total. The predicted octanol–water partition coefficient (Wildman–Crippen LogP) is 1.82. The van der Waals surface area contributed by atoms with Crippen LogP contribution in [-0.2, 0) is 19.3 Å². The standard InChI is InChI=1S/C11H17NO/c1-8(13)6-10-7-9-4-2-3-5-11(9)12-10/h7-8,12-13H,2-6H2,1H3. The number of aromatic amines is 1. The van der Waals surface area contributed by atoms with E-state index in [4.69, 9.17) is 0 Å². The molecule has 2 heteroatoms. The number of fused-ring (bicyclic) bond motifs is 1. The van der Waals surface area contributed by atoms with Crippen molar-refractivity contribution in [2.75, 3.05) is 0 Å². The molecule has 0 fully saturated rings. The molecule has 0 spiro atoms. The molecule has 0 saturated carbocycles. The second-order valence-electron chi connectivity index (χ2n) is 4.06.